The first-order valence-corrected chi connectivity index (χ1v) is 3.64. The molecule has 0 aliphatic heterocycles. The fourth-order valence-electron chi connectivity index (χ4n) is 0.715. The van der Waals surface area contributed by atoms with Crippen LogP contribution in [0.3, 0.4) is 0 Å². The SMILES string of the molecule is Nc1cnc(C=CCC(=O)O)cn1. The Morgan fingerprint density at radius 1 is 1.54 bits per heavy atom. The summed E-state index contributed by atoms with van der Waals surface area (Å²) in [6.07, 6.45) is 5.96. The summed E-state index contributed by atoms with van der Waals surface area (Å²) in [5.74, 6) is -0.532. The van der Waals surface area contributed by atoms with Gasteiger partial charge in [0.1, 0.15) is 5.82 Å². The van der Waals surface area contributed by atoms with Gasteiger partial charge >= 0.3 is 5.97 Å². The maximum absolute atomic E-state index is 10.1. The van der Waals surface area contributed by atoms with Gasteiger partial charge in [-0.2, -0.15) is 0 Å². The van der Waals surface area contributed by atoms with Crippen LogP contribution in [0.2, 0.25) is 0 Å². The van der Waals surface area contributed by atoms with Crippen molar-refractivity contribution < 1.29 is 9.90 Å². The van der Waals surface area contributed by atoms with Crippen molar-refractivity contribution in [3.8, 4) is 0 Å². The van der Waals surface area contributed by atoms with E-state index in [1.807, 2.05) is 0 Å². The summed E-state index contributed by atoms with van der Waals surface area (Å²) >= 11 is 0. The van der Waals surface area contributed by atoms with Gasteiger partial charge in [0.05, 0.1) is 24.5 Å². The molecule has 0 aliphatic rings. The first kappa shape index (κ1) is 9.18. The fourth-order valence-corrected chi connectivity index (χ4v) is 0.715. The van der Waals surface area contributed by atoms with E-state index in [1.54, 1.807) is 6.08 Å². The fraction of sp³-hybridized carbons (Fsp3) is 0.125. The summed E-state index contributed by atoms with van der Waals surface area (Å²) in [6.45, 7) is 0. The lowest BCUT2D eigenvalue weighted by atomic mass is 10.3. The molecule has 0 fully saturated rings. The second kappa shape index (κ2) is 4.20. The van der Waals surface area contributed by atoms with Gasteiger partial charge in [-0.1, -0.05) is 6.08 Å². The largest absolute Gasteiger partial charge is 0.481 e. The average molecular weight is 179 g/mol. The average Bonchev–Trinajstić information content (AvgIpc) is 2.08. The zero-order valence-corrected chi connectivity index (χ0v) is 6.84. The van der Waals surface area contributed by atoms with Crippen molar-refractivity contribution in [3.63, 3.8) is 0 Å². The molecule has 0 aromatic carbocycles. The lowest BCUT2D eigenvalue weighted by Crippen LogP contribution is -1.92. The summed E-state index contributed by atoms with van der Waals surface area (Å²) in [6, 6.07) is 0. The predicted molar refractivity (Wildman–Crippen MR) is 47.7 cm³/mol. The first-order chi connectivity index (χ1) is 6.18. The van der Waals surface area contributed by atoms with Gasteiger partial charge in [0, 0.05) is 0 Å². The molecular weight excluding hydrogens is 170 g/mol. The Morgan fingerprint density at radius 3 is 2.85 bits per heavy atom. The number of nitrogens with zero attached hydrogens (tertiary/aromatic N) is 2. The molecule has 68 valence electrons. The Morgan fingerprint density at radius 2 is 2.31 bits per heavy atom. The van der Waals surface area contributed by atoms with Crippen molar-refractivity contribution in [2.24, 2.45) is 0 Å². The highest BCUT2D eigenvalue weighted by atomic mass is 16.4. The third-order valence-corrected chi connectivity index (χ3v) is 1.27. The van der Waals surface area contributed by atoms with Gasteiger partial charge in [-0.15, -0.1) is 0 Å². The molecule has 0 amide bonds. The van der Waals surface area contributed by atoms with E-state index < -0.39 is 5.97 Å². The third kappa shape index (κ3) is 3.33. The molecular formula is C8H9N3O2. The van der Waals surface area contributed by atoms with Gasteiger partial charge in [-0.05, 0) is 6.08 Å². The number of carboxylic acids is 1. The molecule has 0 saturated heterocycles. The summed E-state index contributed by atoms with van der Waals surface area (Å²) in [4.78, 5) is 17.8. The van der Waals surface area contributed by atoms with Crippen molar-refractivity contribution in [1.29, 1.82) is 0 Å². The number of carboxylic acid groups (broad SMARTS) is 1. The molecule has 0 saturated carbocycles. The quantitative estimate of drug-likeness (QED) is 0.707. The number of carbonyl (C=O) groups is 1. The Bertz CT molecular complexity index is 319. The predicted octanol–water partition coefficient (Wildman–Crippen LogP) is 0.547. The zero-order valence-electron chi connectivity index (χ0n) is 6.84. The number of nitrogens with two attached hydrogens (primary N) is 1. The minimum absolute atomic E-state index is 0.0218. The van der Waals surface area contributed by atoms with Gasteiger partial charge in [0.15, 0.2) is 0 Å². The minimum Gasteiger partial charge on any atom is -0.481 e. The first-order valence-electron chi connectivity index (χ1n) is 3.64. The van der Waals surface area contributed by atoms with Crippen LogP contribution in [-0.2, 0) is 4.79 Å². The van der Waals surface area contributed by atoms with Crippen molar-refractivity contribution in [1.82, 2.24) is 9.97 Å². The van der Waals surface area contributed by atoms with E-state index in [0.29, 0.717) is 11.5 Å². The van der Waals surface area contributed by atoms with Gasteiger partial charge in [-0.25, -0.2) is 4.98 Å². The van der Waals surface area contributed by atoms with E-state index in [1.165, 1.54) is 18.5 Å². The Hall–Kier alpha value is -1.91. The molecule has 1 rings (SSSR count). The minimum atomic E-state index is -0.875. The molecule has 5 nitrogen and oxygen atoms in total. The van der Waals surface area contributed by atoms with Crippen LogP contribution in [0.4, 0.5) is 5.82 Å². The van der Waals surface area contributed by atoms with Crippen LogP contribution in [0, 0.1) is 0 Å². The van der Waals surface area contributed by atoms with Gasteiger partial charge < -0.3 is 10.8 Å². The highest BCUT2D eigenvalue weighted by Crippen LogP contribution is 1.99. The molecule has 1 heterocycles. The number of hydrogen-bond acceptors (Lipinski definition) is 4. The maximum Gasteiger partial charge on any atom is 0.307 e. The van der Waals surface area contributed by atoms with Crippen molar-refractivity contribution in [2.45, 2.75) is 6.42 Å². The molecule has 13 heavy (non-hydrogen) atoms. The number of aliphatic carboxylic acids is 1. The number of rotatable bonds is 3. The molecule has 0 bridgehead atoms. The molecule has 0 unspecified atom stereocenters. The topological polar surface area (TPSA) is 89.1 Å². The van der Waals surface area contributed by atoms with E-state index in [0.717, 1.165) is 0 Å². The molecule has 1 aromatic heterocycles. The lowest BCUT2D eigenvalue weighted by Gasteiger charge is -1.92. The van der Waals surface area contributed by atoms with Crippen LogP contribution in [-0.4, -0.2) is 21.0 Å². The van der Waals surface area contributed by atoms with Crippen LogP contribution >= 0.6 is 0 Å². The molecule has 5 heteroatoms. The zero-order chi connectivity index (χ0) is 9.68. The Kier molecular flexibility index (Phi) is 2.97. The monoisotopic (exact) mass is 179 g/mol. The number of aromatic nitrogens is 2. The summed E-state index contributed by atoms with van der Waals surface area (Å²) in [7, 11) is 0. The second-order valence-corrected chi connectivity index (χ2v) is 2.37. The summed E-state index contributed by atoms with van der Waals surface area (Å²) < 4.78 is 0. The highest BCUT2D eigenvalue weighted by Gasteiger charge is 1.91. The standard InChI is InChI=1S/C8H9N3O2/c9-7-5-10-6(4-11-7)2-1-3-8(12)13/h1-2,4-5H,3H2,(H2,9,11)(H,12,13). The number of anilines is 1. The van der Waals surface area contributed by atoms with Crippen LogP contribution in [0.1, 0.15) is 12.1 Å². The second-order valence-electron chi connectivity index (χ2n) is 2.37. The van der Waals surface area contributed by atoms with Gasteiger partial charge in [0.2, 0.25) is 0 Å². The molecule has 1 aromatic rings. The van der Waals surface area contributed by atoms with Gasteiger partial charge in [-0.3, -0.25) is 9.78 Å². The summed E-state index contributed by atoms with van der Waals surface area (Å²) in [5, 5.41) is 8.33. The molecule has 0 radical (unpaired) electrons. The number of nitrogen functional groups attached to an aromatic ring is 1. The summed E-state index contributed by atoms with van der Waals surface area (Å²) in [5.41, 5.74) is 5.90. The van der Waals surface area contributed by atoms with Crippen LogP contribution in [0.5, 0.6) is 0 Å². The van der Waals surface area contributed by atoms with Crippen molar-refractivity contribution in [3.05, 3.63) is 24.2 Å². The van der Waals surface area contributed by atoms with Crippen molar-refractivity contribution in [2.75, 3.05) is 5.73 Å². The smallest absolute Gasteiger partial charge is 0.307 e. The molecule has 0 atom stereocenters. The normalized spacial score (nSPS) is 10.5. The third-order valence-electron chi connectivity index (χ3n) is 1.27. The van der Waals surface area contributed by atoms with Crippen LogP contribution < -0.4 is 5.73 Å². The molecule has 0 aliphatic carbocycles. The van der Waals surface area contributed by atoms with E-state index in [9.17, 15) is 4.79 Å². The van der Waals surface area contributed by atoms with Crippen molar-refractivity contribution >= 4 is 17.9 Å². The lowest BCUT2D eigenvalue weighted by molar-refractivity contribution is -0.135. The van der Waals surface area contributed by atoms with E-state index in [4.69, 9.17) is 10.8 Å². The highest BCUT2D eigenvalue weighted by molar-refractivity contribution is 5.70. The van der Waals surface area contributed by atoms with E-state index >= 15 is 0 Å². The van der Waals surface area contributed by atoms with E-state index in [-0.39, 0.29) is 6.42 Å². The Labute approximate surface area is 74.9 Å². The Balaban J connectivity index is 2.59. The number of hydrogen-bond donors (Lipinski definition) is 2. The van der Waals surface area contributed by atoms with E-state index in [2.05, 4.69) is 9.97 Å². The van der Waals surface area contributed by atoms with Crippen LogP contribution in [0.25, 0.3) is 6.08 Å². The van der Waals surface area contributed by atoms with Gasteiger partial charge in [0.25, 0.3) is 0 Å². The maximum atomic E-state index is 10.1. The van der Waals surface area contributed by atoms with Crippen LogP contribution in [0.15, 0.2) is 18.5 Å². The molecule has 0 spiro atoms. The molecule has 3 N–H and O–H groups in total.